The summed E-state index contributed by atoms with van der Waals surface area (Å²) in [7, 11) is -3.19. The van der Waals surface area contributed by atoms with E-state index < -0.39 is 9.84 Å². The Kier molecular flexibility index (Phi) is 2.35. The van der Waals surface area contributed by atoms with Gasteiger partial charge in [-0.15, -0.1) is 11.7 Å². The molecular formula is C5H6N2O2S2. The quantitative estimate of drug-likeness (QED) is 0.651. The molecule has 0 aliphatic heterocycles. The van der Waals surface area contributed by atoms with Crippen molar-refractivity contribution in [3.05, 3.63) is 18.9 Å². The number of hydrogen-bond donors (Lipinski definition) is 0. The van der Waals surface area contributed by atoms with Gasteiger partial charge in [0.05, 0.1) is 11.9 Å². The van der Waals surface area contributed by atoms with Gasteiger partial charge in [0.15, 0.2) is 14.0 Å². The minimum Gasteiger partial charge on any atom is -0.222 e. The lowest BCUT2D eigenvalue weighted by atomic mass is 10.8. The van der Waals surface area contributed by atoms with Gasteiger partial charge in [-0.3, -0.25) is 0 Å². The Labute approximate surface area is 68.7 Å². The molecule has 1 heterocycles. The second-order valence-electron chi connectivity index (χ2n) is 1.81. The number of nitrogens with zero attached hydrogens (tertiary/aromatic N) is 2. The van der Waals surface area contributed by atoms with E-state index >= 15 is 0 Å². The van der Waals surface area contributed by atoms with E-state index in [9.17, 15) is 8.42 Å². The second kappa shape index (κ2) is 3.10. The molecule has 0 aliphatic rings. The van der Waals surface area contributed by atoms with Crippen LogP contribution in [0, 0.1) is 0 Å². The van der Waals surface area contributed by atoms with Crippen LogP contribution in [0.2, 0.25) is 0 Å². The van der Waals surface area contributed by atoms with Gasteiger partial charge in [0.2, 0.25) is 0 Å². The van der Waals surface area contributed by atoms with E-state index in [2.05, 4.69) is 16.2 Å². The molecule has 1 aromatic heterocycles. The lowest BCUT2D eigenvalue weighted by Crippen LogP contribution is -2.01. The van der Waals surface area contributed by atoms with E-state index in [1.54, 1.807) is 0 Å². The van der Waals surface area contributed by atoms with Crippen molar-refractivity contribution >= 4 is 21.4 Å². The molecule has 4 nitrogen and oxygen atoms in total. The lowest BCUT2D eigenvalue weighted by Gasteiger charge is -1.91. The Morgan fingerprint density at radius 3 is 2.91 bits per heavy atom. The molecule has 60 valence electrons. The van der Waals surface area contributed by atoms with Gasteiger partial charge in [0.25, 0.3) is 0 Å². The van der Waals surface area contributed by atoms with Crippen molar-refractivity contribution in [2.75, 3.05) is 5.75 Å². The summed E-state index contributed by atoms with van der Waals surface area (Å²) in [6.45, 7) is 3.34. The normalized spacial score (nSPS) is 11.3. The van der Waals surface area contributed by atoms with E-state index in [0.29, 0.717) is 0 Å². The van der Waals surface area contributed by atoms with E-state index in [4.69, 9.17) is 0 Å². The van der Waals surface area contributed by atoms with Gasteiger partial charge < -0.3 is 0 Å². The van der Waals surface area contributed by atoms with Crippen LogP contribution in [0.15, 0.2) is 23.1 Å². The van der Waals surface area contributed by atoms with E-state index in [0.717, 1.165) is 11.5 Å². The van der Waals surface area contributed by atoms with Gasteiger partial charge >= 0.3 is 0 Å². The van der Waals surface area contributed by atoms with Crippen LogP contribution in [0.3, 0.4) is 0 Å². The Hall–Kier alpha value is -0.750. The van der Waals surface area contributed by atoms with Gasteiger partial charge in [-0.25, -0.2) is 8.42 Å². The molecule has 6 heteroatoms. The van der Waals surface area contributed by atoms with Gasteiger partial charge in [0, 0.05) is 11.5 Å². The Balaban J connectivity index is 3.01. The zero-order chi connectivity index (χ0) is 8.32. The molecule has 0 radical (unpaired) electrons. The van der Waals surface area contributed by atoms with Crippen LogP contribution in [0.4, 0.5) is 0 Å². The fourth-order valence-electron chi connectivity index (χ4n) is 0.532. The van der Waals surface area contributed by atoms with E-state index in [1.165, 1.54) is 12.3 Å². The lowest BCUT2D eigenvalue weighted by molar-refractivity contribution is 0.601. The molecule has 0 fully saturated rings. The highest BCUT2D eigenvalue weighted by atomic mass is 32.2. The first kappa shape index (κ1) is 8.35. The minimum atomic E-state index is -3.19. The third-order valence-corrected chi connectivity index (χ3v) is 3.82. The van der Waals surface area contributed by atoms with Crippen molar-refractivity contribution in [1.29, 1.82) is 0 Å². The van der Waals surface area contributed by atoms with Crippen molar-refractivity contribution in [3.8, 4) is 0 Å². The van der Waals surface area contributed by atoms with Crippen LogP contribution >= 0.6 is 11.5 Å². The molecule has 0 aliphatic carbocycles. The van der Waals surface area contributed by atoms with Crippen molar-refractivity contribution in [2.24, 2.45) is 0 Å². The molecule has 0 bridgehead atoms. The Morgan fingerprint density at radius 1 is 1.73 bits per heavy atom. The smallest absolute Gasteiger partial charge is 0.194 e. The number of sulfone groups is 1. The number of aromatic nitrogens is 2. The third kappa shape index (κ3) is 1.84. The van der Waals surface area contributed by atoms with Crippen molar-refractivity contribution < 1.29 is 8.42 Å². The molecule has 0 N–H and O–H groups in total. The van der Waals surface area contributed by atoms with Crippen molar-refractivity contribution in [3.63, 3.8) is 0 Å². The van der Waals surface area contributed by atoms with Crippen LogP contribution in [0.1, 0.15) is 0 Å². The Bertz CT molecular complexity index is 327. The van der Waals surface area contributed by atoms with Crippen molar-refractivity contribution in [2.45, 2.75) is 4.21 Å². The topological polar surface area (TPSA) is 59.9 Å². The summed E-state index contributed by atoms with van der Waals surface area (Å²) >= 11 is 0.873. The monoisotopic (exact) mass is 190 g/mol. The van der Waals surface area contributed by atoms with E-state index in [-0.39, 0.29) is 9.96 Å². The molecule has 0 saturated heterocycles. The van der Waals surface area contributed by atoms with Crippen LogP contribution in [0.25, 0.3) is 0 Å². The molecule has 0 atom stereocenters. The molecule has 0 saturated carbocycles. The summed E-state index contributed by atoms with van der Waals surface area (Å²) in [5.74, 6) is -0.0587. The second-order valence-corrected chi connectivity index (χ2v) is 4.85. The first-order valence-corrected chi connectivity index (χ1v) is 5.20. The fraction of sp³-hybridized carbons (Fsp3) is 0.200. The van der Waals surface area contributed by atoms with Crippen molar-refractivity contribution in [1.82, 2.24) is 9.59 Å². The highest BCUT2D eigenvalue weighted by Gasteiger charge is 2.14. The van der Waals surface area contributed by atoms with Crippen LogP contribution in [0.5, 0.6) is 0 Å². The van der Waals surface area contributed by atoms with Crippen LogP contribution in [-0.4, -0.2) is 23.8 Å². The standard InChI is InChI=1S/C5H6N2O2S2/c1-2-3-11(8,9)5-4-6-7-10-5/h2,4H,1,3H2. The van der Waals surface area contributed by atoms with Gasteiger partial charge in [-0.1, -0.05) is 10.6 Å². The average molecular weight is 190 g/mol. The maximum atomic E-state index is 11.2. The molecule has 0 amide bonds. The van der Waals surface area contributed by atoms with E-state index in [1.807, 2.05) is 0 Å². The zero-order valence-electron chi connectivity index (χ0n) is 5.60. The predicted octanol–water partition coefficient (Wildman–Crippen LogP) is 0.498. The summed E-state index contributed by atoms with van der Waals surface area (Å²) in [5, 5.41) is 3.43. The average Bonchev–Trinajstić information content (AvgIpc) is 2.37. The maximum absolute atomic E-state index is 11.2. The maximum Gasteiger partial charge on any atom is 0.194 e. The summed E-state index contributed by atoms with van der Waals surface area (Å²) < 4.78 is 25.9. The fourth-order valence-corrected chi connectivity index (χ4v) is 2.24. The number of hydrogen-bond acceptors (Lipinski definition) is 5. The van der Waals surface area contributed by atoms with Gasteiger partial charge in [0.1, 0.15) is 0 Å². The Morgan fingerprint density at radius 2 is 2.45 bits per heavy atom. The SMILES string of the molecule is C=CCS(=O)(=O)c1cnns1. The molecule has 0 aromatic carbocycles. The molecule has 0 spiro atoms. The summed E-state index contributed by atoms with van der Waals surface area (Å²) in [5.41, 5.74) is 0. The molecule has 0 unspecified atom stereocenters. The highest BCUT2D eigenvalue weighted by molar-refractivity contribution is 7.93. The van der Waals surface area contributed by atoms with Gasteiger partial charge in [-0.2, -0.15) is 0 Å². The summed E-state index contributed by atoms with van der Waals surface area (Å²) in [4.78, 5) is 0. The van der Waals surface area contributed by atoms with Gasteiger partial charge in [-0.05, 0) is 0 Å². The molecule has 1 aromatic rings. The first-order valence-electron chi connectivity index (χ1n) is 2.78. The van der Waals surface area contributed by atoms with Crippen LogP contribution < -0.4 is 0 Å². The molecular weight excluding hydrogens is 184 g/mol. The number of rotatable bonds is 3. The first-order chi connectivity index (χ1) is 5.17. The van der Waals surface area contributed by atoms with Crippen LogP contribution in [-0.2, 0) is 9.84 Å². The summed E-state index contributed by atoms with van der Waals surface area (Å²) in [6, 6.07) is 0. The summed E-state index contributed by atoms with van der Waals surface area (Å²) in [6.07, 6.45) is 2.58. The minimum absolute atomic E-state index is 0.0587. The largest absolute Gasteiger partial charge is 0.222 e. The molecule has 1 rings (SSSR count). The molecule has 11 heavy (non-hydrogen) atoms. The predicted molar refractivity (Wildman–Crippen MR) is 42.2 cm³/mol. The zero-order valence-corrected chi connectivity index (χ0v) is 7.23. The highest BCUT2D eigenvalue weighted by Crippen LogP contribution is 2.12. The third-order valence-electron chi connectivity index (χ3n) is 0.985.